The Morgan fingerprint density at radius 3 is 2.75 bits per heavy atom. The Labute approximate surface area is 95.4 Å². The summed E-state index contributed by atoms with van der Waals surface area (Å²) in [7, 11) is 0. The molecule has 0 aliphatic heterocycles. The fraction of sp³-hybridized carbons (Fsp3) is 0.462. The average Bonchev–Trinajstić information content (AvgIpc) is 2.28. The van der Waals surface area contributed by atoms with Gasteiger partial charge in [0.05, 0.1) is 6.61 Å². The fourth-order valence-corrected chi connectivity index (χ4v) is 1.45. The van der Waals surface area contributed by atoms with Gasteiger partial charge in [-0.3, -0.25) is 4.79 Å². The summed E-state index contributed by atoms with van der Waals surface area (Å²) in [5.41, 5.74) is 0.309. The van der Waals surface area contributed by atoms with Crippen LogP contribution in [0, 0.1) is 5.82 Å². The van der Waals surface area contributed by atoms with Crippen LogP contribution in [0.15, 0.2) is 18.2 Å². The first kappa shape index (κ1) is 12.7. The van der Waals surface area contributed by atoms with E-state index in [0.29, 0.717) is 24.2 Å². The molecule has 0 spiro atoms. The Hall–Kier alpha value is -1.38. The van der Waals surface area contributed by atoms with Crippen molar-refractivity contribution in [3.8, 4) is 5.75 Å². The van der Waals surface area contributed by atoms with E-state index in [4.69, 9.17) is 4.74 Å². The molecule has 0 radical (unpaired) electrons. The van der Waals surface area contributed by atoms with E-state index in [1.54, 1.807) is 6.07 Å². The van der Waals surface area contributed by atoms with E-state index < -0.39 is 5.82 Å². The maximum absolute atomic E-state index is 13.0. The van der Waals surface area contributed by atoms with Crippen molar-refractivity contribution in [2.24, 2.45) is 0 Å². The Bertz CT molecular complexity index is 337. The summed E-state index contributed by atoms with van der Waals surface area (Å²) in [5, 5.41) is 0. The van der Waals surface area contributed by atoms with Crippen LogP contribution < -0.4 is 4.74 Å². The molecule has 3 heteroatoms. The molecule has 0 atom stereocenters. The molecule has 0 fully saturated rings. The van der Waals surface area contributed by atoms with Gasteiger partial charge in [0.25, 0.3) is 0 Å². The molecular weight excluding hydrogens is 207 g/mol. The van der Waals surface area contributed by atoms with Crippen LogP contribution in [0.25, 0.3) is 0 Å². The van der Waals surface area contributed by atoms with E-state index in [1.165, 1.54) is 25.0 Å². The molecule has 88 valence electrons. The quantitative estimate of drug-likeness (QED) is 0.522. The van der Waals surface area contributed by atoms with E-state index in [1.807, 2.05) is 0 Å². The second kappa shape index (κ2) is 6.99. The Balaban J connectivity index is 2.41. The molecule has 0 heterocycles. The van der Waals surface area contributed by atoms with E-state index in [0.717, 1.165) is 12.8 Å². The smallest absolute Gasteiger partial charge is 0.150 e. The molecule has 1 aromatic carbocycles. The highest BCUT2D eigenvalue weighted by atomic mass is 19.1. The van der Waals surface area contributed by atoms with Crippen molar-refractivity contribution < 1.29 is 13.9 Å². The lowest BCUT2D eigenvalue weighted by Gasteiger charge is -2.06. The predicted molar refractivity (Wildman–Crippen MR) is 61.4 cm³/mol. The van der Waals surface area contributed by atoms with Gasteiger partial charge in [-0.1, -0.05) is 26.2 Å². The number of hydrogen-bond acceptors (Lipinski definition) is 2. The molecule has 0 saturated heterocycles. The number of rotatable bonds is 7. The Morgan fingerprint density at radius 2 is 2.06 bits per heavy atom. The van der Waals surface area contributed by atoms with Crippen molar-refractivity contribution in [3.63, 3.8) is 0 Å². The number of hydrogen-bond donors (Lipinski definition) is 0. The summed E-state index contributed by atoms with van der Waals surface area (Å²) in [4.78, 5) is 10.5. The minimum atomic E-state index is -0.437. The summed E-state index contributed by atoms with van der Waals surface area (Å²) in [6, 6.07) is 4.04. The van der Waals surface area contributed by atoms with Gasteiger partial charge in [0.15, 0.2) is 0 Å². The maximum Gasteiger partial charge on any atom is 0.150 e. The van der Waals surface area contributed by atoms with E-state index >= 15 is 0 Å². The number of benzene rings is 1. The molecule has 2 nitrogen and oxygen atoms in total. The van der Waals surface area contributed by atoms with Gasteiger partial charge in [-0.25, -0.2) is 4.39 Å². The van der Waals surface area contributed by atoms with Gasteiger partial charge in [-0.15, -0.1) is 0 Å². The molecule has 1 rings (SSSR count). The van der Waals surface area contributed by atoms with Crippen molar-refractivity contribution in [1.29, 1.82) is 0 Å². The number of ether oxygens (including phenoxy) is 1. The van der Waals surface area contributed by atoms with Gasteiger partial charge >= 0.3 is 0 Å². The van der Waals surface area contributed by atoms with Gasteiger partial charge < -0.3 is 4.74 Å². The molecule has 0 saturated carbocycles. The number of carbonyl (C=O) groups is 1. The second-order valence-corrected chi connectivity index (χ2v) is 3.75. The number of unbranched alkanes of at least 4 members (excludes halogenated alkanes) is 3. The zero-order chi connectivity index (χ0) is 11.8. The molecule has 0 unspecified atom stereocenters. The van der Waals surface area contributed by atoms with Gasteiger partial charge in [-0.2, -0.15) is 0 Å². The largest absolute Gasteiger partial charge is 0.493 e. The topological polar surface area (TPSA) is 26.3 Å². The van der Waals surface area contributed by atoms with E-state index in [-0.39, 0.29) is 0 Å². The van der Waals surface area contributed by atoms with Crippen molar-refractivity contribution >= 4 is 6.29 Å². The lowest BCUT2D eigenvalue weighted by molar-refractivity contribution is 0.112. The van der Waals surface area contributed by atoms with Crippen LogP contribution in [0.2, 0.25) is 0 Å². The van der Waals surface area contributed by atoms with Crippen LogP contribution in [0.3, 0.4) is 0 Å². The highest BCUT2D eigenvalue weighted by Crippen LogP contribution is 2.15. The van der Waals surface area contributed by atoms with Crippen molar-refractivity contribution in [1.82, 2.24) is 0 Å². The normalized spacial score (nSPS) is 10.1. The maximum atomic E-state index is 13.0. The van der Waals surface area contributed by atoms with Crippen molar-refractivity contribution in [2.75, 3.05) is 6.61 Å². The van der Waals surface area contributed by atoms with Crippen LogP contribution in [0.1, 0.15) is 43.0 Å². The summed E-state index contributed by atoms with van der Waals surface area (Å²) in [6.45, 7) is 2.71. The third-order valence-electron chi connectivity index (χ3n) is 2.30. The summed E-state index contributed by atoms with van der Waals surface area (Å²) >= 11 is 0. The van der Waals surface area contributed by atoms with Gasteiger partial charge in [0, 0.05) is 11.6 Å². The summed E-state index contributed by atoms with van der Waals surface area (Å²) in [5.74, 6) is -0.00763. The van der Waals surface area contributed by atoms with E-state index in [2.05, 4.69) is 6.92 Å². The summed E-state index contributed by atoms with van der Waals surface area (Å²) in [6.07, 6.45) is 5.06. The van der Waals surface area contributed by atoms with Gasteiger partial charge in [0.1, 0.15) is 17.9 Å². The second-order valence-electron chi connectivity index (χ2n) is 3.75. The molecule has 0 N–H and O–H groups in total. The minimum absolute atomic E-state index is 0.309. The lowest BCUT2D eigenvalue weighted by atomic mass is 10.2. The van der Waals surface area contributed by atoms with Crippen LogP contribution in [0.4, 0.5) is 4.39 Å². The highest BCUT2D eigenvalue weighted by molar-refractivity contribution is 5.75. The number of halogens is 1. The standard InChI is InChI=1S/C13H17FO2/c1-2-3-4-5-6-16-13-8-11(10-15)7-12(14)9-13/h7-10H,2-6H2,1H3. The zero-order valence-electron chi connectivity index (χ0n) is 9.54. The molecular formula is C13H17FO2. The molecule has 0 aromatic heterocycles. The molecule has 0 bridgehead atoms. The first-order chi connectivity index (χ1) is 7.76. The van der Waals surface area contributed by atoms with Gasteiger partial charge in [0.2, 0.25) is 0 Å². The van der Waals surface area contributed by atoms with Crippen LogP contribution in [-0.2, 0) is 0 Å². The third kappa shape index (κ3) is 4.43. The number of aldehydes is 1. The molecule has 0 aliphatic carbocycles. The average molecular weight is 224 g/mol. The molecule has 0 amide bonds. The first-order valence-corrected chi connectivity index (χ1v) is 5.65. The SMILES string of the molecule is CCCCCCOc1cc(F)cc(C=O)c1. The Morgan fingerprint density at radius 1 is 1.25 bits per heavy atom. The zero-order valence-corrected chi connectivity index (χ0v) is 9.54. The van der Waals surface area contributed by atoms with Crippen molar-refractivity contribution in [3.05, 3.63) is 29.6 Å². The minimum Gasteiger partial charge on any atom is -0.493 e. The highest BCUT2D eigenvalue weighted by Gasteiger charge is 2.00. The Kier molecular flexibility index (Phi) is 5.54. The molecule has 1 aromatic rings. The predicted octanol–water partition coefficient (Wildman–Crippen LogP) is 3.60. The van der Waals surface area contributed by atoms with Crippen LogP contribution >= 0.6 is 0 Å². The van der Waals surface area contributed by atoms with Crippen LogP contribution in [-0.4, -0.2) is 12.9 Å². The fourth-order valence-electron chi connectivity index (χ4n) is 1.45. The number of carbonyl (C=O) groups excluding carboxylic acids is 1. The van der Waals surface area contributed by atoms with Gasteiger partial charge in [-0.05, 0) is 18.6 Å². The lowest BCUT2D eigenvalue weighted by Crippen LogP contribution is -1.98. The molecule has 0 aliphatic rings. The van der Waals surface area contributed by atoms with E-state index in [9.17, 15) is 9.18 Å². The summed E-state index contributed by atoms with van der Waals surface area (Å²) < 4.78 is 18.4. The van der Waals surface area contributed by atoms with Crippen molar-refractivity contribution in [2.45, 2.75) is 32.6 Å². The van der Waals surface area contributed by atoms with Crippen LogP contribution in [0.5, 0.6) is 5.75 Å². The monoisotopic (exact) mass is 224 g/mol. The molecule has 16 heavy (non-hydrogen) atoms. The third-order valence-corrected chi connectivity index (χ3v) is 2.30. The first-order valence-electron chi connectivity index (χ1n) is 5.65.